The summed E-state index contributed by atoms with van der Waals surface area (Å²) in [4.78, 5) is 39.3. The molecule has 1 heterocycles. The van der Waals surface area contributed by atoms with E-state index >= 15 is 0 Å². The Bertz CT molecular complexity index is 1650. The van der Waals surface area contributed by atoms with Crippen LogP contribution in [0.4, 0.5) is 10.5 Å². The summed E-state index contributed by atoms with van der Waals surface area (Å²) in [5.41, 5.74) is 2.40. The van der Waals surface area contributed by atoms with Crippen LogP contribution in [0.1, 0.15) is 23.6 Å². The van der Waals surface area contributed by atoms with Crippen molar-refractivity contribution in [3.63, 3.8) is 0 Å². The van der Waals surface area contributed by atoms with Gasteiger partial charge in [0.1, 0.15) is 12.2 Å². The van der Waals surface area contributed by atoms with Crippen LogP contribution in [0.15, 0.2) is 84.4 Å². The van der Waals surface area contributed by atoms with Crippen LogP contribution in [-0.2, 0) is 16.2 Å². The third-order valence-electron chi connectivity index (χ3n) is 6.30. The molecule has 1 N–H and O–H groups in total. The summed E-state index contributed by atoms with van der Waals surface area (Å²) < 4.78 is 11.9. The lowest BCUT2D eigenvalue weighted by Gasteiger charge is -2.26. The molecule has 4 aromatic carbocycles. The smallest absolute Gasteiger partial charge is 0.335 e. The average Bonchev–Trinajstić information content (AvgIpc) is 2.92. The lowest BCUT2D eigenvalue weighted by atomic mass is 10.1. The van der Waals surface area contributed by atoms with Gasteiger partial charge >= 0.3 is 6.03 Å². The van der Waals surface area contributed by atoms with Gasteiger partial charge < -0.3 is 9.47 Å². The Labute approximate surface area is 230 Å². The fourth-order valence-electron chi connectivity index (χ4n) is 4.27. The molecule has 7 nitrogen and oxygen atoms in total. The number of nitrogens with zero attached hydrogens (tertiary/aromatic N) is 1. The molecule has 1 aliphatic rings. The molecule has 0 radical (unpaired) electrons. The predicted molar refractivity (Wildman–Crippen MR) is 151 cm³/mol. The standard InChI is InChI=1S/C31H25ClN2O5/c1-3-38-28-16-20(10-13-27(28)39-18-21-9-11-22-6-4-5-7-23(22)14-21)15-25-29(35)33-31(37)34(30(25)36)24-12-8-19(2)26(32)17-24/h4-17H,3,18H2,1-2H3,(H,33,35,37)/b25-15-. The summed E-state index contributed by atoms with van der Waals surface area (Å²) in [5, 5.41) is 4.90. The molecule has 8 heteroatoms. The zero-order valence-electron chi connectivity index (χ0n) is 21.4. The van der Waals surface area contributed by atoms with E-state index in [9.17, 15) is 14.4 Å². The highest BCUT2D eigenvalue weighted by Gasteiger charge is 2.37. The number of halogens is 1. The lowest BCUT2D eigenvalue weighted by Crippen LogP contribution is -2.54. The van der Waals surface area contributed by atoms with Crippen molar-refractivity contribution >= 4 is 52.0 Å². The van der Waals surface area contributed by atoms with E-state index in [0.717, 1.165) is 26.8 Å². The number of fused-ring (bicyclic) bond motifs is 1. The van der Waals surface area contributed by atoms with Gasteiger partial charge in [-0.25, -0.2) is 9.69 Å². The number of benzene rings is 4. The molecule has 0 atom stereocenters. The lowest BCUT2D eigenvalue weighted by molar-refractivity contribution is -0.122. The molecule has 0 aromatic heterocycles. The molecular formula is C31H25ClN2O5. The number of urea groups is 1. The fraction of sp³-hybridized carbons (Fsp3) is 0.129. The summed E-state index contributed by atoms with van der Waals surface area (Å²) >= 11 is 6.20. The summed E-state index contributed by atoms with van der Waals surface area (Å²) in [5.74, 6) is -0.542. The zero-order valence-corrected chi connectivity index (χ0v) is 22.1. The molecule has 39 heavy (non-hydrogen) atoms. The van der Waals surface area contributed by atoms with E-state index in [1.165, 1.54) is 12.1 Å². The van der Waals surface area contributed by atoms with E-state index in [1.807, 2.05) is 32.0 Å². The van der Waals surface area contributed by atoms with Crippen molar-refractivity contribution in [2.75, 3.05) is 11.5 Å². The molecule has 4 aromatic rings. The van der Waals surface area contributed by atoms with Crippen molar-refractivity contribution < 1.29 is 23.9 Å². The highest BCUT2D eigenvalue weighted by Crippen LogP contribution is 2.32. The van der Waals surface area contributed by atoms with Gasteiger partial charge in [-0.3, -0.25) is 14.9 Å². The van der Waals surface area contributed by atoms with E-state index in [2.05, 4.69) is 29.6 Å². The third kappa shape index (κ3) is 5.49. The molecule has 0 bridgehead atoms. The zero-order chi connectivity index (χ0) is 27.5. The summed E-state index contributed by atoms with van der Waals surface area (Å²) in [6.45, 7) is 4.39. The second kappa shape index (κ2) is 11.0. The first-order chi connectivity index (χ1) is 18.8. The fourth-order valence-corrected chi connectivity index (χ4v) is 4.45. The molecular weight excluding hydrogens is 516 g/mol. The van der Waals surface area contributed by atoms with Crippen molar-refractivity contribution in [2.45, 2.75) is 20.5 Å². The van der Waals surface area contributed by atoms with Gasteiger partial charge in [0.25, 0.3) is 11.8 Å². The van der Waals surface area contributed by atoms with Gasteiger partial charge in [0, 0.05) is 5.02 Å². The van der Waals surface area contributed by atoms with Gasteiger partial charge in [0.2, 0.25) is 0 Å². The van der Waals surface area contributed by atoms with Crippen LogP contribution in [0.5, 0.6) is 11.5 Å². The molecule has 5 rings (SSSR count). The number of barbiturate groups is 1. The maximum atomic E-state index is 13.3. The Morgan fingerprint density at radius 2 is 1.67 bits per heavy atom. The van der Waals surface area contributed by atoms with Crippen molar-refractivity contribution in [1.82, 2.24) is 5.32 Å². The number of imide groups is 2. The van der Waals surface area contributed by atoms with Crippen LogP contribution in [0, 0.1) is 6.92 Å². The molecule has 0 spiro atoms. The number of anilines is 1. The Kier molecular flexibility index (Phi) is 7.34. The third-order valence-corrected chi connectivity index (χ3v) is 6.71. The van der Waals surface area contributed by atoms with Crippen molar-refractivity contribution in [3.8, 4) is 11.5 Å². The Morgan fingerprint density at radius 1 is 0.872 bits per heavy atom. The minimum Gasteiger partial charge on any atom is -0.490 e. The molecule has 0 aliphatic carbocycles. The number of rotatable bonds is 7. The largest absolute Gasteiger partial charge is 0.490 e. The van der Waals surface area contributed by atoms with Gasteiger partial charge in [0.05, 0.1) is 12.3 Å². The van der Waals surface area contributed by atoms with Gasteiger partial charge in [-0.05, 0) is 77.7 Å². The van der Waals surface area contributed by atoms with Gasteiger partial charge in [-0.1, -0.05) is 60.1 Å². The molecule has 1 saturated heterocycles. The minimum atomic E-state index is -0.838. The number of nitrogens with one attached hydrogen (secondary N) is 1. The molecule has 196 valence electrons. The maximum Gasteiger partial charge on any atom is 0.335 e. The van der Waals surface area contributed by atoms with Crippen molar-refractivity contribution in [1.29, 1.82) is 0 Å². The monoisotopic (exact) mass is 540 g/mol. The van der Waals surface area contributed by atoms with E-state index in [4.69, 9.17) is 21.1 Å². The number of amides is 4. The highest BCUT2D eigenvalue weighted by atomic mass is 35.5. The van der Waals surface area contributed by atoms with Gasteiger partial charge in [0.15, 0.2) is 11.5 Å². The first kappa shape index (κ1) is 26.0. The molecule has 0 saturated carbocycles. The first-order valence-corrected chi connectivity index (χ1v) is 12.8. The van der Waals surface area contributed by atoms with Crippen LogP contribution < -0.4 is 19.7 Å². The Hall–Kier alpha value is -4.62. The molecule has 4 amide bonds. The van der Waals surface area contributed by atoms with Crippen molar-refractivity contribution in [3.05, 3.63) is 106 Å². The summed E-state index contributed by atoms with van der Waals surface area (Å²) in [6, 6.07) is 23.4. The van der Waals surface area contributed by atoms with E-state index in [0.29, 0.717) is 35.3 Å². The second-order valence-electron chi connectivity index (χ2n) is 9.00. The number of hydrogen-bond acceptors (Lipinski definition) is 5. The maximum absolute atomic E-state index is 13.3. The number of aryl methyl sites for hydroxylation is 1. The first-order valence-electron chi connectivity index (χ1n) is 12.4. The van der Waals surface area contributed by atoms with E-state index in [-0.39, 0.29) is 11.3 Å². The molecule has 0 unspecified atom stereocenters. The molecule has 1 fully saturated rings. The van der Waals surface area contributed by atoms with Crippen LogP contribution in [0.25, 0.3) is 16.8 Å². The number of carbonyl (C=O) groups is 3. The summed E-state index contributed by atoms with van der Waals surface area (Å²) in [6.07, 6.45) is 1.42. The normalized spacial score (nSPS) is 14.6. The van der Waals surface area contributed by atoms with Crippen LogP contribution in [0.2, 0.25) is 5.02 Å². The van der Waals surface area contributed by atoms with Gasteiger partial charge in [-0.15, -0.1) is 0 Å². The van der Waals surface area contributed by atoms with E-state index < -0.39 is 17.8 Å². The predicted octanol–water partition coefficient (Wildman–Crippen LogP) is 6.45. The number of hydrogen-bond donors (Lipinski definition) is 1. The van der Waals surface area contributed by atoms with Crippen LogP contribution >= 0.6 is 11.6 Å². The van der Waals surface area contributed by atoms with Crippen molar-refractivity contribution in [2.24, 2.45) is 0 Å². The number of carbonyl (C=O) groups excluding carboxylic acids is 3. The Morgan fingerprint density at radius 3 is 2.44 bits per heavy atom. The topological polar surface area (TPSA) is 84.9 Å². The highest BCUT2D eigenvalue weighted by molar-refractivity contribution is 6.39. The second-order valence-corrected chi connectivity index (χ2v) is 9.41. The van der Waals surface area contributed by atoms with Crippen LogP contribution in [0.3, 0.4) is 0 Å². The summed E-state index contributed by atoms with van der Waals surface area (Å²) in [7, 11) is 0. The van der Waals surface area contributed by atoms with Crippen LogP contribution in [-0.4, -0.2) is 24.5 Å². The van der Waals surface area contributed by atoms with Gasteiger partial charge in [-0.2, -0.15) is 0 Å². The molecule has 1 aliphatic heterocycles. The average molecular weight is 541 g/mol. The minimum absolute atomic E-state index is 0.196. The van der Waals surface area contributed by atoms with E-state index in [1.54, 1.807) is 30.3 Å². The number of ether oxygens (including phenoxy) is 2. The Balaban J connectivity index is 1.40. The SMILES string of the molecule is CCOc1cc(/C=C2/C(=O)NC(=O)N(c3ccc(C)c(Cl)c3)C2=O)ccc1OCc1ccc2ccccc2c1. The quantitative estimate of drug-likeness (QED) is 0.215.